The summed E-state index contributed by atoms with van der Waals surface area (Å²) < 4.78 is 137. The number of benzene rings is 2. The second kappa shape index (κ2) is 7.73. The van der Waals surface area contributed by atoms with Crippen LogP contribution in [0.1, 0.15) is 6.92 Å². The molecule has 0 aliphatic rings. The summed E-state index contributed by atoms with van der Waals surface area (Å²) in [6.45, 7) is 2.06. The van der Waals surface area contributed by atoms with Crippen LogP contribution in [-0.2, 0) is 0 Å². The minimum absolute atomic E-state index is 0.0812. The SMILES string of the molecule is C=C(C)/C=C/B(c1c(F)c(F)c(F)c(F)c1F)c1c(F)c(F)c(F)c(F)c1F. The van der Waals surface area contributed by atoms with Crippen LogP contribution in [0.5, 0.6) is 0 Å². The van der Waals surface area contributed by atoms with Gasteiger partial charge < -0.3 is 0 Å². The minimum atomic E-state index is -2.56. The molecule has 0 N–H and O–H groups in total. The van der Waals surface area contributed by atoms with E-state index in [0.717, 1.165) is 6.08 Å². The average molecular weight is 412 g/mol. The highest BCUT2D eigenvalue weighted by Crippen LogP contribution is 2.21. The first kappa shape index (κ1) is 21.6. The summed E-state index contributed by atoms with van der Waals surface area (Å²) in [6.07, 6.45) is 0.848. The first-order chi connectivity index (χ1) is 12.9. The summed E-state index contributed by atoms with van der Waals surface area (Å²) in [5, 5.41) is 0. The van der Waals surface area contributed by atoms with Gasteiger partial charge in [0.2, 0.25) is 6.71 Å². The van der Waals surface area contributed by atoms with Crippen molar-refractivity contribution in [2.24, 2.45) is 0 Å². The van der Waals surface area contributed by atoms with Gasteiger partial charge in [-0.1, -0.05) is 18.2 Å². The maximum atomic E-state index is 14.1. The fourth-order valence-corrected chi connectivity index (χ4v) is 2.39. The van der Waals surface area contributed by atoms with E-state index in [2.05, 4.69) is 6.58 Å². The van der Waals surface area contributed by atoms with Crippen molar-refractivity contribution in [1.29, 1.82) is 0 Å². The molecule has 0 aromatic heterocycles. The summed E-state index contributed by atoms with van der Waals surface area (Å²) in [7, 11) is 0. The van der Waals surface area contributed by atoms with Gasteiger partial charge in [0.05, 0.1) is 0 Å². The van der Waals surface area contributed by atoms with Crippen molar-refractivity contribution in [1.82, 2.24) is 0 Å². The molecule has 2 rings (SSSR count). The van der Waals surface area contributed by atoms with Crippen LogP contribution in [0.15, 0.2) is 24.2 Å². The summed E-state index contributed by atoms with van der Waals surface area (Å²) in [5.74, 6) is -24.4. The number of allylic oxidation sites excluding steroid dienone is 2. The van der Waals surface area contributed by atoms with Crippen LogP contribution >= 0.6 is 0 Å². The molecular weight excluding hydrogens is 405 g/mol. The van der Waals surface area contributed by atoms with Crippen molar-refractivity contribution in [2.45, 2.75) is 6.92 Å². The van der Waals surface area contributed by atoms with Crippen LogP contribution in [0.25, 0.3) is 0 Å². The maximum absolute atomic E-state index is 14.1. The van der Waals surface area contributed by atoms with Crippen molar-refractivity contribution >= 4 is 17.6 Å². The van der Waals surface area contributed by atoms with E-state index in [-0.39, 0.29) is 5.57 Å². The third-order valence-electron chi connectivity index (χ3n) is 3.68. The van der Waals surface area contributed by atoms with E-state index in [9.17, 15) is 43.9 Å². The molecule has 0 fully saturated rings. The van der Waals surface area contributed by atoms with Crippen LogP contribution in [0.2, 0.25) is 0 Å². The van der Waals surface area contributed by atoms with Gasteiger partial charge in [-0.3, -0.25) is 0 Å². The normalized spacial score (nSPS) is 11.4. The molecule has 148 valence electrons. The Bertz CT molecular complexity index is 884. The Morgan fingerprint density at radius 2 is 0.821 bits per heavy atom. The van der Waals surface area contributed by atoms with Gasteiger partial charge in [0.25, 0.3) is 0 Å². The Kier molecular flexibility index (Phi) is 5.95. The molecule has 0 nitrogen and oxygen atoms in total. The molecule has 0 unspecified atom stereocenters. The highest BCUT2D eigenvalue weighted by molar-refractivity contribution is 6.89. The van der Waals surface area contributed by atoms with Gasteiger partial charge in [0.1, 0.15) is 0 Å². The van der Waals surface area contributed by atoms with Gasteiger partial charge in [-0.15, -0.1) is 5.98 Å². The summed E-state index contributed by atoms with van der Waals surface area (Å²) in [4.78, 5) is 0. The lowest BCUT2D eigenvalue weighted by Gasteiger charge is -2.17. The summed E-state index contributed by atoms with van der Waals surface area (Å²) in [6, 6.07) is 0. The van der Waals surface area contributed by atoms with Crippen LogP contribution in [0.4, 0.5) is 43.9 Å². The molecule has 0 atom stereocenters. The number of hydrogen-bond donors (Lipinski definition) is 0. The molecule has 28 heavy (non-hydrogen) atoms. The first-order valence-corrected chi connectivity index (χ1v) is 7.28. The molecule has 0 spiro atoms. The standard InChI is InChI=1S/C17H7BF10/c1-5(2)3-4-18(6-8(19)12(23)16(27)13(24)9(6)20)7-10(21)14(25)17(28)15(26)11(7)22/h3-4H,1H2,2H3/b4-3+. The Labute approximate surface area is 151 Å². The Balaban J connectivity index is 2.99. The third-order valence-corrected chi connectivity index (χ3v) is 3.68. The van der Waals surface area contributed by atoms with Gasteiger partial charge in [0.15, 0.2) is 58.2 Å². The molecule has 0 radical (unpaired) electrons. The lowest BCUT2D eigenvalue weighted by molar-refractivity contribution is 0.382. The van der Waals surface area contributed by atoms with E-state index in [0.29, 0.717) is 5.98 Å². The van der Waals surface area contributed by atoms with E-state index >= 15 is 0 Å². The van der Waals surface area contributed by atoms with Crippen LogP contribution in [0.3, 0.4) is 0 Å². The zero-order valence-corrected chi connectivity index (χ0v) is 13.7. The lowest BCUT2D eigenvalue weighted by atomic mass is 9.40. The molecule has 11 heteroatoms. The second-order valence-corrected chi connectivity index (χ2v) is 5.65. The molecule has 2 aromatic rings. The first-order valence-electron chi connectivity index (χ1n) is 7.28. The van der Waals surface area contributed by atoms with Gasteiger partial charge in [-0.2, -0.15) is 0 Å². The number of hydrogen-bond acceptors (Lipinski definition) is 0. The van der Waals surface area contributed by atoms with Gasteiger partial charge in [0, 0.05) is 10.9 Å². The van der Waals surface area contributed by atoms with Crippen molar-refractivity contribution in [3.05, 3.63) is 82.4 Å². The van der Waals surface area contributed by atoms with E-state index in [1.165, 1.54) is 6.92 Å². The fourth-order valence-electron chi connectivity index (χ4n) is 2.39. The lowest BCUT2D eigenvalue weighted by Crippen LogP contribution is -2.49. The third kappa shape index (κ3) is 3.40. The summed E-state index contributed by atoms with van der Waals surface area (Å²) in [5.41, 5.74) is -3.51. The zero-order valence-electron chi connectivity index (χ0n) is 13.7. The number of halogens is 10. The van der Waals surface area contributed by atoms with Crippen molar-refractivity contribution in [3.63, 3.8) is 0 Å². The zero-order chi connectivity index (χ0) is 21.5. The van der Waals surface area contributed by atoms with Crippen LogP contribution in [0, 0.1) is 58.2 Å². The second-order valence-electron chi connectivity index (χ2n) is 5.65. The predicted octanol–water partition coefficient (Wildman–Crippen LogP) is 4.36. The Morgan fingerprint density at radius 1 is 0.571 bits per heavy atom. The van der Waals surface area contributed by atoms with E-state index in [4.69, 9.17) is 0 Å². The molecule has 0 aliphatic carbocycles. The molecule has 0 amide bonds. The molecule has 0 saturated heterocycles. The molecule has 0 saturated carbocycles. The minimum Gasteiger partial charge on any atom is -0.204 e. The highest BCUT2D eigenvalue weighted by Gasteiger charge is 2.38. The highest BCUT2D eigenvalue weighted by atomic mass is 19.2. The molecule has 0 bridgehead atoms. The number of rotatable bonds is 4. The van der Waals surface area contributed by atoms with E-state index < -0.39 is 75.8 Å². The van der Waals surface area contributed by atoms with E-state index in [1.54, 1.807) is 0 Å². The molecule has 2 aromatic carbocycles. The topological polar surface area (TPSA) is 0 Å². The fraction of sp³-hybridized carbons (Fsp3) is 0.0588. The van der Waals surface area contributed by atoms with Gasteiger partial charge >= 0.3 is 0 Å². The predicted molar refractivity (Wildman–Crippen MR) is 81.4 cm³/mol. The van der Waals surface area contributed by atoms with Crippen molar-refractivity contribution < 1.29 is 43.9 Å². The quantitative estimate of drug-likeness (QED) is 0.230. The van der Waals surface area contributed by atoms with Crippen LogP contribution in [-0.4, -0.2) is 6.71 Å². The monoisotopic (exact) mass is 412 g/mol. The molecule has 0 heterocycles. The Morgan fingerprint density at radius 3 is 1.07 bits per heavy atom. The summed E-state index contributed by atoms with van der Waals surface area (Å²) >= 11 is 0. The smallest absolute Gasteiger partial charge is 0.204 e. The van der Waals surface area contributed by atoms with Crippen molar-refractivity contribution in [2.75, 3.05) is 0 Å². The van der Waals surface area contributed by atoms with E-state index in [1.807, 2.05) is 0 Å². The Hall–Kier alpha value is -2.72. The maximum Gasteiger partial charge on any atom is 0.250 e. The van der Waals surface area contributed by atoms with Gasteiger partial charge in [-0.05, 0) is 6.92 Å². The van der Waals surface area contributed by atoms with Crippen molar-refractivity contribution in [3.8, 4) is 0 Å². The van der Waals surface area contributed by atoms with Gasteiger partial charge in [-0.25, -0.2) is 43.9 Å². The molecular formula is C17H7BF10. The molecule has 0 aliphatic heterocycles. The van der Waals surface area contributed by atoms with Crippen LogP contribution < -0.4 is 10.9 Å². The average Bonchev–Trinajstić information content (AvgIpc) is 2.65. The largest absolute Gasteiger partial charge is 0.250 e.